The molecule has 1 amide bonds. The third-order valence-corrected chi connectivity index (χ3v) is 3.77. The van der Waals surface area contributed by atoms with Crippen molar-refractivity contribution < 1.29 is 19.2 Å². The van der Waals surface area contributed by atoms with E-state index in [0.717, 1.165) is 5.56 Å². The van der Waals surface area contributed by atoms with Gasteiger partial charge in [0, 0.05) is 29.8 Å². The Morgan fingerprint density at radius 1 is 1.19 bits per heavy atom. The number of carbonyl (C=O) groups excluding carboxylic acids is 1. The van der Waals surface area contributed by atoms with Crippen LogP contribution in [0.1, 0.15) is 24.1 Å². The monoisotopic (exact) mass is 356 g/mol. The number of ether oxygens (including phenoxy) is 2. The first-order valence-electron chi connectivity index (χ1n) is 7.89. The number of rotatable bonds is 7. The van der Waals surface area contributed by atoms with Crippen molar-refractivity contribution in [1.29, 1.82) is 0 Å². The average Bonchev–Trinajstić information content (AvgIpc) is 2.65. The number of carbonyl (C=O) groups is 1. The van der Waals surface area contributed by atoms with Crippen LogP contribution in [-0.4, -0.2) is 25.1 Å². The summed E-state index contributed by atoms with van der Waals surface area (Å²) >= 11 is 0. The van der Waals surface area contributed by atoms with Crippen LogP contribution in [0.3, 0.4) is 0 Å². The largest absolute Gasteiger partial charge is 0.497 e. The fourth-order valence-corrected chi connectivity index (χ4v) is 2.43. The van der Waals surface area contributed by atoms with Crippen LogP contribution in [0.25, 0.3) is 6.08 Å². The van der Waals surface area contributed by atoms with Gasteiger partial charge in [0.15, 0.2) is 0 Å². The van der Waals surface area contributed by atoms with E-state index in [4.69, 9.17) is 9.47 Å². The summed E-state index contributed by atoms with van der Waals surface area (Å²) in [6.07, 6.45) is 2.87. The summed E-state index contributed by atoms with van der Waals surface area (Å²) in [5, 5.41) is 13.6. The molecule has 7 nitrogen and oxygen atoms in total. The Labute approximate surface area is 151 Å². The number of nitro groups is 1. The fraction of sp³-hybridized carbons (Fsp3) is 0.211. The van der Waals surface area contributed by atoms with E-state index in [-0.39, 0.29) is 17.6 Å². The zero-order valence-corrected chi connectivity index (χ0v) is 14.8. The number of methoxy groups -OCH3 is 2. The zero-order valence-electron chi connectivity index (χ0n) is 14.8. The number of nitro benzene ring substituents is 1. The molecular formula is C19H20N2O5. The van der Waals surface area contributed by atoms with E-state index in [1.54, 1.807) is 38.5 Å². The molecule has 26 heavy (non-hydrogen) atoms. The molecule has 0 spiro atoms. The molecule has 1 atom stereocenters. The Morgan fingerprint density at radius 2 is 1.96 bits per heavy atom. The van der Waals surface area contributed by atoms with Gasteiger partial charge in [0.25, 0.3) is 5.69 Å². The second-order valence-corrected chi connectivity index (χ2v) is 5.52. The van der Waals surface area contributed by atoms with Crippen LogP contribution in [0.2, 0.25) is 0 Å². The van der Waals surface area contributed by atoms with Crippen molar-refractivity contribution in [2.75, 3.05) is 14.2 Å². The van der Waals surface area contributed by atoms with E-state index in [1.165, 1.54) is 24.3 Å². The molecule has 0 fully saturated rings. The fourth-order valence-electron chi connectivity index (χ4n) is 2.43. The van der Waals surface area contributed by atoms with Crippen LogP contribution < -0.4 is 14.8 Å². The summed E-state index contributed by atoms with van der Waals surface area (Å²) in [5.74, 6) is 0.955. The highest BCUT2D eigenvalue weighted by atomic mass is 16.6. The number of hydrogen-bond donors (Lipinski definition) is 1. The van der Waals surface area contributed by atoms with Crippen molar-refractivity contribution in [3.05, 3.63) is 69.8 Å². The third-order valence-electron chi connectivity index (χ3n) is 3.77. The van der Waals surface area contributed by atoms with Crippen LogP contribution in [0.15, 0.2) is 48.5 Å². The van der Waals surface area contributed by atoms with Crippen molar-refractivity contribution in [2.45, 2.75) is 13.0 Å². The smallest absolute Gasteiger partial charge is 0.270 e. The number of nitrogens with zero attached hydrogens (tertiary/aromatic N) is 1. The Bertz CT molecular complexity index is 832. The average molecular weight is 356 g/mol. The van der Waals surface area contributed by atoms with E-state index in [0.29, 0.717) is 17.1 Å². The van der Waals surface area contributed by atoms with Crippen molar-refractivity contribution in [2.24, 2.45) is 0 Å². The van der Waals surface area contributed by atoms with Gasteiger partial charge < -0.3 is 14.8 Å². The van der Waals surface area contributed by atoms with Gasteiger partial charge in [0.05, 0.1) is 25.2 Å². The number of nitrogens with one attached hydrogen (secondary N) is 1. The summed E-state index contributed by atoms with van der Waals surface area (Å²) in [6.45, 7) is 1.84. The topological polar surface area (TPSA) is 90.7 Å². The first-order valence-corrected chi connectivity index (χ1v) is 7.89. The second-order valence-electron chi connectivity index (χ2n) is 5.52. The molecule has 0 aliphatic heterocycles. The van der Waals surface area contributed by atoms with Gasteiger partial charge >= 0.3 is 0 Å². The number of benzene rings is 2. The van der Waals surface area contributed by atoms with E-state index < -0.39 is 4.92 Å². The maximum absolute atomic E-state index is 12.1. The lowest BCUT2D eigenvalue weighted by molar-refractivity contribution is -0.384. The van der Waals surface area contributed by atoms with Crippen LogP contribution in [0.5, 0.6) is 11.5 Å². The minimum Gasteiger partial charge on any atom is -0.497 e. The normalized spacial score (nSPS) is 11.8. The van der Waals surface area contributed by atoms with Crippen molar-refractivity contribution in [1.82, 2.24) is 5.32 Å². The van der Waals surface area contributed by atoms with Crippen molar-refractivity contribution in [3.8, 4) is 11.5 Å². The SMILES string of the molecule is COc1ccc(C(C)NC(=O)/C=C/c2cccc([N+](=O)[O-])c2)c(OC)c1. The predicted molar refractivity (Wildman–Crippen MR) is 98.2 cm³/mol. The van der Waals surface area contributed by atoms with Gasteiger partial charge in [-0.15, -0.1) is 0 Å². The summed E-state index contributed by atoms with van der Waals surface area (Å²) in [6, 6.07) is 11.1. The quantitative estimate of drug-likeness (QED) is 0.466. The highest BCUT2D eigenvalue weighted by Gasteiger charge is 2.14. The summed E-state index contributed by atoms with van der Waals surface area (Å²) in [5.41, 5.74) is 1.36. The third kappa shape index (κ3) is 4.83. The van der Waals surface area contributed by atoms with Crippen LogP contribution in [0.4, 0.5) is 5.69 Å². The lowest BCUT2D eigenvalue weighted by Crippen LogP contribution is -2.25. The highest BCUT2D eigenvalue weighted by molar-refractivity contribution is 5.92. The van der Waals surface area contributed by atoms with E-state index >= 15 is 0 Å². The van der Waals surface area contributed by atoms with Gasteiger partial charge in [-0.25, -0.2) is 0 Å². The molecule has 136 valence electrons. The number of hydrogen-bond acceptors (Lipinski definition) is 5. The summed E-state index contributed by atoms with van der Waals surface area (Å²) in [7, 11) is 3.12. The van der Waals surface area contributed by atoms with Gasteiger partial charge in [-0.3, -0.25) is 14.9 Å². The first kappa shape index (κ1) is 19.0. The maximum Gasteiger partial charge on any atom is 0.270 e. The molecule has 2 aromatic carbocycles. The molecule has 2 rings (SSSR count). The number of non-ortho nitro benzene ring substituents is 1. The van der Waals surface area contributed by atoms with E-state index in [9.17, 15) is 14.9 Å². The lowest BCUT2D eigenvalue weighted by Gasteiger charge is -2.17. The molecule has 0 aliphatic rings. The molecule has 0 heterocycles. The Morgan fingerprint density at radius 3 is 2.62 bits per heavy atom. The summed E-state index contributed by atoms with van der Waals surface area (Å²) in [4.78, 5) is 22.4. The minimum atomic E-state index is -0.477. The van der Waals surface area contributed by atoms with Crippen LogP contribution in [0, 0.1) is 10.1 Å². The van der Waals surface area contributed by atoms with Crippen molar-refractivity contribution in [3.63, 3.8) is 0 Å². The van der Waals surface area contributed by atoms with E-state index in [2.05, 4.69) is 5.32 Å². The van der Waals surface area contributed by atoms with Gasteiger partial charge in [-0.1, -0.05) is 12.1 Å². The molecular weight excluding hydrogens is 336 g/mol. The molecule has 0 aliphatic carbocycles. The Balaban J connectivity index is 2.07. The molecule has 7 heteroatoms. The number of amides is 1. The van der Waals surface area contributed by atoms with Crippen LogP contribution >= 0.6 is 0 Å². The zero-order chi connectivity index (χ0) is 19.1. The second kappa shape index (κ2) is 8.66. The molecule has 1 N–H and O–H groups in total. The molecule has 2 aromatic rings. The van der Waals surface area contributed by atoms with Gasteiger partial charge in [0.1, 0.15) is 11.5 Å². The molecule has 0 bridgehead atoms. The van der Waals surface area contributed by atoms with Gasteiger partial charge in [-0.05, 0) is 30.7 Å². The van der Waals surface area contributed by atoms with Gasteiger partial charge in [-0.2, -0.15) is 0 Å². The summed E-state index contributed by atoms with van der Waals surface area (Å²) < 4.78 is 10.5. The Kier molecular flexibility index (Phi) is 6.32. The first-order chi connectivity index (χ1) is 12.4. The minimum absolute atomic E-state index is 0.0242. The van der Waals surface area contributed by atoms with E-state index in [1.807, 2.05) is 13.0 Å². The highest BCUT2D eigenvalue weighted by Crippen LogP contribution is 2.29. The standard InChI is InChI=1S/C19H20N2O5/c1-13(17-9-8-16(25-2)12-18(17)26-3)20-19(22)10-7-14-5-4-6-15(11-14)21(23)24/h4-13H,1-3H3,(H,20,22)/b10-7+. The molecule has 0 saturated carbocycles. The molecule has 0 radical (unpaired) electrons. The Hall–Kier alpha value is -3.35. The van der Waals surface area contributed by atoms with Crippen molar-refractivity contribution >= 4 is 17.7 Å². The molecule has 0 saturated heterocycles. The van der Waals surface area contributed by atoms with Crippen LogP contribution in [-0.2, 0) is 4.79 Å². The molecule has 0 aromatic heterocycles. The predicted octanol–water partition coefficient (Wildman–Crippen LogP) is 3.50. The maximum atomic E-state index is 12.1. The van der Waals surface area contributed by atoms with Gasteiger partial charge in [0.2, 0.25) is 5.91 Å². The lowest BCUT2D eigenvalue weighted by atomic mass is 10.1. The molecule has 1 unspecified atom stereocenters.